The molecule has 0 unspecified atom stereocenters. The fourth-order valence-electron chi connectivity index (χ4n) is 2.05. The fraction of sp³-hybridized carbons (Fsp3) is 0.167. The molecule has 1 atom stereocenters. The van der Waals surface area contributed by atoms with Gasteiger partial charge in [0.2, 0.25) is 0 Å². The van der Waals surface area contributed by atoms with Crippen molar-refractivity contribution in [1.82, 2.24) is 5.32 Å². The van der Waals surface area contributed by atoms with Crippen LogP contribution in [0.4, 0.5) is 0 Å². The number of amides is 1. The Bertz CT molecular complexity index is 706. The summed E-state index contributed by atoms with van der Waals surface area (Å²) in [5.74, 6) is -2.77. The fourth-order valence-corrected chi connectivity index (χ4v) is 2.05. The van der Waals surface area contributed by atoms with Crippen molar-refractivity contribution in [3.05, 3.63) is 71.8 Å². The largest absolute Gasteiger partial charge is 1.00 e. The molecule has 0 fully saturated rings. The van der Waals surface area contributed by atoms with E-state index >= 15 is 0 Å². The Morgan fingerprint density at radius 2 is 1.52 bits per heavy atom. The Morgan fingerprint density at radius 3 is 2.08 bits per heavy atom. The molecule has 2 aromatic carbocycles. The van der Waals surface area contributed by atoms with Crippen LogP contribution in [0.3, 0.4) is 0 Å². The molecule has 0 bridgehead atoms. The third kappa shape index (κ3) is 7.09. The number of carbonyl (C=O) groups excluding carboxylic acids is 3. The maximum Gasteiger partial charge on any atom is 1.00 e. The second-order valence-electron chi connectivity index (χ2n) is 5.04. The predicted octanol–water partition coefficient (Wildman–Crippen LogP) is -2.68. The van der Waals surface area contributed by atoms with Crippen molar-refractivity contribution in [2.75, 3.05) is 6.54 Å². The molecule has 1 amide bonds. The van der Waals surface area contributed by atoms with Crippen molar-refractivity contribution in [3.63, 3.8) is 0 Å². The van der Waals surface area contributed by atoms with Crippen LogP contribution in [0.2, 0.25) is 0 Å². The summed E-state index contributed by atoms with van der Waals surface area (Å²) < 4.78 is 4.89. The predicted molar refractivity (Wildman–Crippen MR) is 83.8 cm³/mol. The molecule has 0 aliphatic heterocycles. The Kier molecular flexibility index (Phi) is 8.91. The maximum absolute atomic E-state index is 11.8. The van der Waals surface area contributed by atoms with Crippen LogP contribution in [0.15, 0.2) is 60.7 Å². The van der Waals surface area contributed by atoms with Gasteiger partial charge in [-0.05, 0) is 17.7 Å². The zero-order valence-corrected chi connectivity index (χ0v) is 15.8. The van der Waals surface area contributed by atoms with Crippen molar-refractivity contribution in [2.24, 2.45) is 0 Å². The van der Waals surface area contributed by atoms with Crippen molar-refractivity contribution < 1.29 is 53.8 Å². The SMILES string of the molecule is O=C(CNC(=O)c1ccccc1)O[C@@H](Cc1ccccc1)C(=O)[O-].[Na+]. The summed E-state index contributed by atoms with van der Waals surface area (Å²) in [6, 6.07) is 17.1. The number of carbonyl (C=O) groups is 3. The van der Waals surface area contributed by atoms with Gasteiger partial charge < -0.3 is 20.0 Å². The third-order valence-electron chi connectivity index (χ3n) is 3.23. The van der Waals surface area contributed by atoms with Crippen molar-refractivity contribution >= 4 is 17.8 Å². The Balaban J connectivity index is 0.00000312. The topological polar surface area (TPSA) is 95.5 Å². The number of esters is 1. The van der Waals surface area contributed by atoms with Gasteiger partial charge in [0.15, 0.2) is 0 Å². The second kappa shape index (κ2) is 10.7. The number of hydrogen-bond donors (Lipinski definition) is 1. The average Bonchev–Trinajstić information content (AvgIpc) is 2.60. The summed E-state index contributed by atoms with van der Waals surface area (Å²) in [6.45, 7) is -0.424. The summed E-state index contributed by atoms with van der Waals surface area (Å²) in [7, 11) is 0. The number of aliphatic carboxylic acids is 1. The number of hydrogen-bond acceptors (Lipinski definition) is 5. The molecule has 0 saturated heterocycles. The van der Waals surface area contributed by atoms with Crippen LogP contribution in [-0.4, -0.2) is 30.5 Å². The van der Waals surface area contributed by atoms with Gasteiger partial charge in [0.25, 0.3) is 5.91 Å². The Hall–Kier alpha value is -2.15. The quantitative estimate of drug-likeness (QED) is 0.434. The first kappa shape index (κ1) is 20.9. The van der Waals surface area contributed by atoms with Gasteiger partial charge >= 0.3 is 35.5 Å². The minimum absolute atomic E-state index is 0. The van der Waals surface area contributed by atoms with Crippen LogP contribution in [0.1, 0.15) is 15.9 Å². The number of nitrogens with one attached hydrogen (secondary N) is 1. The molecule has 0 aliphatic rings. The van der Waals surface area contributed by atoms with E-state index in [0.717, 1.165) is 0 Å². The van der Waals surface area contributed by atoms with Crippen LogP contribution in [-0.2, 0) is 20.7 Å². The second-order valence-corrected chi connectivity index (χ2v) is 5.04. The van der Waals surface area contributed by atoms with Crippen LogP contribution in [0.25, 0.3) is 0 Å². The van der Waals surface area contributed by atoms with E-state index < -0.39 is 30.5 Å². The summed E-state index contributed by atoms with van der Waals surface area (Å²) in [5.41, 5.74) is 1.10. The zero-order chi connectivity index (χ0) is 17.4. The van der Waals surface area contributed by atoms with Gasteiger partial charge in [-0.2, -0.15) is 0 Å². The van der Waals surface area contributed by atoms with Gasteiger partial charge in [0, 0.05) is 12.0 Å². The summed E-state index contributed by atoms with van der Waals surface area (Å²) in [6.07, 6.45) is -1.41. The number of ether oxygens (including phenoxy) is 1. The van der Waals surface area contributed by atoms with Gasteiger partial charge in [-0.25, -0.2) is 0 Å². The summed E-state index contributed by atoms with van der Waals surface area (Å²) >= 11 is 0. The maximum atomic E-state index is 11.8. The molecule has 0 aliphatic carbocycles. The van der Waals surface area contributed by atoms with Gasteiger partial charge in [-0.1, -0.05) is 48.5 Å². The molecule has 0 saturated carbocycles. The van der Waals surface area contributed by atoms with E-state index in [1.165, 1.54) is 0 Å². The molecule has 124 valence electrons. The molecule has 1 N–H and O–H groups in total. The molecule has 2 aromatic rings. The smallest absolute Gasteiger partial charge is 0.546 e. The molecule has 6 nitrogen and oxygen atoms in total. The molecule has 0 aromatic heterocycles. The number of carboxylic acid groups (broad SMARTS) is 1. The van der Waals surface area contributed by atoms with E-state index in [9.17, 15) is 19.5 Å². The molecule has 0 radical (unpaired) electrons. The van der Waals surface area contributed by atoms with E-state index in [2.05, 4.69) is 5.32 Å². The minimum atomic E-state index is -1.48. The molecule has 25 heavy (non-hydrogen) atoms. The van der Waals surface area contributed by atoms with Crippen molar-refractivity contribution in [3.8, 4) is 0 Å². The van der Waals surface area contributed by atoms with Crippen LogP contribution in [0.5, 0.6) is 0 Å². The number of carboxylic acids is 1. The third-order valence-corrected chi connectivity index (χ3v) is 3.23. The summed E-state index contributed by atoms with van der Waals surface area (Å²) in [5, 5.41) is 13.5. The van der Waals surface area contributed by atoms with E-state index in [4.69, 9.17) is 4.74 Å². The van der Waals surface area contributed by atoms with Gasteiger partial charge in [-0.3, -0.25) is 9.59 Å². The van der Waals surface area contributed by atoms with E-state index in [-0.39, 0.29) is 36.0 Å². The van der Waals surface area contributed by atoms with Gasteiger partial charge in [-0.15, -0.1) is 0 Å². The number of benzene rings is 2. The van der Waals surface area contributed by atoms with Gasteiger partial charge in [0.05, 0.1) is 5.97 Å². The van der Waals surface area contributed by atoms with Crippen LogP contribution in [0, 0.1) is 0 Å². The van der Waals surface area contributed by atoms with Crippen molar-refractivity contribution in [2.45, 2.75) is 12.5 Å². The molecule has 2 rings (SSSR count). The molecule has 0 heterocycles. The number of rotatable bonds is 7. The van der Waals surface area contributed by atoms with E-state index in [1.807, 2.05) is 0 Å². The molecular formula is C18H16NNaO5. The average molecular weight is 349 g/mol. The zero-order valence-electron chi connectivity index (χ0n) is 13.8. The van der Waals surface area contributed by atoms with E-state index in [1.54, 1.807) is 60.7 Å². The normalized spacial score (nSPS) is 10.9. The summed E-state index contributed by atoms with van der Waals surface area (Å²) in [4.78, 5) is 34.7. The first-order valence-corrected chi connectivity index (χ1v) is 7.34. The first-order valence-electron chi connectivity index (χ1n) is 7.34. The first-order chi connectivity index (χ1) is 11.6. The van der Waals surface area contributed by atoms with E-state index in [0.29, 0.717) is 11.1 Å². The monoisotopic (exact) mass is 349 g/mol. The standard InChI is InChI=1S/C18H17NO5.Na/c20-16(12-19-17(21)14-9-5-2-6-10-14)24-15(18(22)23)11-13-7-3-1-4-8-13;/h1-10,15H,11-12H2,(H,19,21)(H,22,23);/q;+1/p-1/t15-;/m0./s1. The van der Waals surface area contributed by atoms with Crippen molar-refractivity contribution in [1.29, 1.82) is 0 Å². The molecular weight excluding hydrogens is 333 g/mol. The van der Waals surface area contributed by atoms with Crippen LogP contribution < -0.4 is 40.0 Å². The molecule has 0 spiro atoms. The van der Waals surface area contributed by atoms with Crippen LogP contribution >= 0.6 is 0 Å². The van der Waals surface area contributed by atoms with Gasteiger partial charge in [0.1, 0.15) is 12.6 Å². The molecule has 7 heteroatoms. The Morgan fingerprint density at radius 1 is 0.960 bits per heavy atom. The Labute approximate surface area is 167 Å². The minimum Gasteiger partial charge on any atom is -0.546 e.